The zero-order valence-corrected chi connectivity index (χ0v) is 12.4. The number of benzene rings is 1. The molecule has 0 saturated heterocycles. The van der Waals surface area contributed by atoms with Gasteiger partial charge in [-0.2, -0.15) is 5.10 Å². The molecule has 0 aliphatic carbocycles. The third-order valence-corrected chi connectivity index (χ3v) is 3.66. The third kappa shape index (κ3) is 3.92. The highest BCUT2D eigenvalue weighted by Crippen LogP contribution is 2.32. The predicted octanol–water partition coefficient (Wildman–Crippen LogP) is 3.00. The molecule has 0 atom stereocenters. The summed E-state index contributed by atoms with van der Waals surface area (Å²) in [4.78, 5) is 12.0. The molecular weight excluding hydrogens is 300 g/mol. The molecule has 0 radical (unpaired) electrons. The van der Waals surface area contributed by atoms with E-state index < -0.39 is 6.43 Å². The number of carbonyl (C=O) groups excluding carboxylic acids is 1. The van der Waals surface area contributed by atoms with Crippen molar-refractivity contribution in [2.24, 2.45) is 0 Å². The molecule has 8 heteroatoms. The van der Waals surface area contributed by atoms with Crippen LogP contribution in [0.2, 0.25) is 0 Å². The molecule has 0 spiro atoms. The number of halogens is 2. The van der Waals surface area contributed by atoms with Crippen molar-refractivity contribution in [2.45, 2.75) is 18.2 Å². The van der Waals surface area contributed by atoms with Gasteiger partial charge in [0, 0.05) is 15.8 Å². The van der Waals surface area contributed by atoms with Crippen molar-refractivity contribution in [2.75, 3.05) is 20.2 Å². The lowest BCUT2D eigenvalue weighted by Gasteiger charge is -2.15. The molecule has 21 heavy (non-hydrogen) atoms. The molecule has 0 amide bonds. The molecule has 0 aliphatic rings. The molecule has 0 aliphatic heterocycles. The minimum atomic E-state index is -2.56. The fourth-order valence-electron chi connectivity index (χ4n) is 1.83. The molecular formula is C13H15F2N3O2S. The van der Waals surface area contributed by atoms with Gasteiger partial charge in [-0.05, 0) is 38.1 Å². The van der Waals surface area contributed by atoms with Gasteiger partial charge in [0.2, 0.25) is 0 Å². The van der Waals surface area contributed by atoms with E-state index in [0.29, 0.717) is 22.4 Å². The van der Waals surface area contributed by atoms with Crippen molar-refractivity contribution in [1.82, 2.24) is 14.5 Å². The molecule has 114 valence electrons. The van der Waals surface area contributed by atoms with Crippen molar-refractivity contribution in [3.8, 4) is 0 Å². The van der Waals surface area contributed by atoms with Gasteiger partial charge < -0.3 is 4.74 Å². The van der Waals surface area contributed by atoms with Crippen molar-refractivity contribution in [3.05, 3.63) is 23.9 Å². The van der Waals surface area contributed by atoms with Gasteiger partial charge in [0.25, 0.3) is 6.43 Å². The topological polar surface area (TPSA) is 58.2 Å². The Labute approximate surface area is 124 Å². The van der Waals surface area contributed by atoms with E-state index in [4.69, 9.17) is 4.74 Å². The Morgan fingerprint density at radius 1 is 1.52 bits per heavy atom. The normalized spacial score (nSPS) is 11.5. The van der Waals surface area contributed by atoms with Gasteiger partial charge in [-0.3, -0.25) is 9.89 Å². The molecule has 2 aromatic rings. The van der Waals surface area contributed by atoms with Crippen LogP contribution in [0.3, 0.4) is 0 Å². The molecule has 0 saturated carbocycles. The second kappa shape index (κ2) is 6.86. The number of alkyl halides is 2. The first-order valence-corrected chi connectivity index (χ1v) is 7.08. The first-order chi connectivity index (χ1) is 10.0. The minimum Gasteiger partial charge on any atom is -0.465 e. The summed E-state index contributed by atoms with van der Waals surface area (Å²) in [6.07, 6.45) is -1.06. The highest BCUT2D eigenvalue weighted by molar-refractivity contribution is 7.97. The Morgan fingerprint density at radius 2 is 2.29 bits per heavy atom. The average Bonchev–Trinajstić information content (AvgIpc) is 2.86. The average molecular weight is 315 g/mol. The Morgan fingerprint density at radius 3 is 2.95 bits per heavy atom. The number of nitrogens with zero attached hydrogens (tertiary/aromatic N) is 2. The SMILES string of the molecule is CCOC(=O)CN(C)Sc1cc(C(F)F)cc2cn[nH]c12. The summed E-state index contributed by atoms with van der Waals surface area (Å²) in [7, 11) is 1.69. The monoisotopic (exact) mass is 315 g/mol. The molecule has 1 heterocycles. The first kappa shape index (κ1) is 15.7. The second-order valence-electron chi connectivity index (χ2n) is 4.34. The number of aromatic nitrogens is 2. The summed E-state index contributed by atoms with van der Waals surface area (Å²) in [5.74, 6) is -0.363. The van der Waals surface area contributed by atoms with Crippen LogP contribution < -0.4 is 0 Å². The predicted molar refractivity (Wildman–Crippen MR) is 76.2 cm³/mol. The number of carbonyl (C=O) groups is 1. The maximum atomic E-state index is 12.9. The summed E-state index contributed by atoms with van der Waals surface area (Å²) < 4.78 is 32.3. The number of rotatable bonds is 6. The van der Waals surface area contributed by atoms with Crippen molar-refractivity contribution < 1.29 is 18.3 Å². The first-order valence-electron chi connectivity index (χ1n) is 6.31. The summed E-state index contributed by atoms with van der Waals surface area (Å²) in [5, 5.41) is 7.26. The number of aromatic amines is 1. The van der Waals surface area contributed by atoms with Gasteiger partial charge >= 0.3 is 5.97 Å². The van der Waals surface area contributed by atoms with Crippen LogP contribution in [-0.4, -0.2) is 40.7 Å². The van der Waals surface area contributed by atoms with Crippen molar-refractivity contribution >= 4 is 28.8 Å². The zero-order valence-electron chi connectivity index (χ0n) is 11.6. The van der Waals surface area contributed by atoms with E-state index >= 15 is 0 Å². The molecule has 0 fully saturated rings. The lowest BCUT2D eigenvalue weighted by atomic mass is 10.2. The van der Waals surface area contributed by atoms with Gasteiger partial charge in [0.15, 0.2) is 0 Å². The smallest absolute Gasteiger partial charge is 0.321 e. The van der Waals surface area contributed by atoms with Crippen LogP contribution in [0.15, 0.2) is 23.2 Å². The molecule has 1 aromatic heterocycles. The number of hydrogen-bond donors (Lipinski definition) is 1. The van der Waals surface area contributed by atoms with Crippen LogP contribution in [-0.2, 0) is 9.53 Å². The summed E-state index contributed by atoms with van der Waals surface area (Å²) in [6.45, 7) is 2.10. The van der Waals surface area contributed by atoms with E-state index in [-0.39, 0.29) is 18.1 Å². The van der Waals surface area contributed by atoms with E-state index in [1.54, 1.807) is 18.3 Å². The van der Waals surface area contributed by atoms with Gasteiger partial charge in [-0.25, -0.2) is 13.1 Å². The summed E-state index contributed by atoms with van der Waals surface area (Å²) >= 11 is 1.19. The molecule has 0 unspecified atom stereocenters. The van der Waals surface area contributed by atoms with Gasteiger partial charge in [-0.15, -0.1) is 0 Å². The third-order valence-electron chi connectivity index (χ3n) is 2.70. The van der Waals surface area contributed by atoms with Gasteiger partial charge in [0.1, 0.15) is 6.54 Å². The fraction of sp³-hybridized carbons (Fsp3) is 0.385. The number of likely N-dealkylation sites (N-methyl/N-ethyl adjacent to an activating group) is 1. The van der Waals surface area contributed by atoms with E-state index in [1.807, 2.05) is 0 Å². The molecule has 1 N–H and O–H groups in total. The summed E-state index contributed by atoms with van der Waals surface area (Å²) in [6, 6.07) is 2.80. The number of nitrogens with one attached hydrogen (secondary N) is 1. The van der Waals surface area contributed by atoms with Crippen molar-refractivity contribution in [3.63, 3.8) is 0 Å². The van der Waals surface area contributed by atoms with Crippen LogP contribution in [0.1, 0.15) is 18.9 Å². The van der Waals surface area contributed by atoms with Crippen molar-refractivity contribution in [1.29, 1.82) is 0 Å². The summed E-state index contributed by atoms with van der Waals surface area (Å²) in [5.41, 5.74) is 0.594. The fourth-order valence-corrected chi connectivity index (χ4v) is 2.78. The van der Waals surface area contributed by atoms with Gasteiger partial charge in [0.05, 0.1) is 18.3 Å². The van der Waals surface area contributed by atoms with Crippen LogP contribution >= 0.6 is 11.9 Å². The molecule has 2 rings (SSSR count). The van der Waals surface area contributed by atoms with Crippen LogP contribution in [0, 0.1) is 0 Å². The number of hydrogen-bond acceptors (Lipinski definition) is 5. The van der Waals surface area contributed by atoms with Gasteiger partial charge in [-0.1, -0.05) is 0 Å². The highest BCUT2D eigenvalue weighted by Gasteiger charge is 2.16. The second-order valence-corrected chi connectivity index (χ2v) is 5.58. The van der Waals surface area contributed by atoms with Crippen LogP contribution in [0.25, 0.3) is 10.9 Å². The highest BCUT2D eigenvalue weighted by atomic mass is 32.2. The van der Waals surface area contributed by atoms with E-state index in [9.17, 15) is 13.6 Å². The number of esters is 1. The molecule has 1 aromatic carbocycles. The maximum absolute atomic E-state index is 12.9. The Hall–Kier alpha value is -1.67. The minimum absolute atomic E-state index is 0.0625. The lowest BCUT2D eigenvalue weighted by molar-refractivity contribution is -0.142. The molecule has 0 bridgehead atoms. The maximum Gasteiger partial charge on any atom is 0.321 e. The van der Waals surface area contributed by atoms with Crippen LogP contribution in [0.4, 0.5) is 8.78 Å². The lowest BCUT2D eigenvalue weighted by Crippen LogP contribution is -2.21. The zero-order chi connectivity index (χ0) is 15.4. The Balaban J connectivity index is 2.20. The number of fused-ring (bicyclic) bond motifs is 1. The van der Waals surface area contributed by atoms with E-state index in [0.717, 1.165) is 0 Å². The van der Waals surface area contributed by atoms with Crippen LogP contribution in [0.5, 0.6) is 0 Å². The largest absolute Gasteiger partial charge is 0.465 e. The number of ether oxygens (including phenoxy) is 1. The number of H-pyrrole nitrogens is 1. The van der Waals surface area contributed by atoms with E-state index in [1.165, 1.54) is 30.3 Å². The van der Waals surface area contributed by atoms with E-state index in [2.05, 4.69) is 10.2 Å². The quantitative estimate of drug-likeness (QED) is 0.656. The Bertz CT molecular complexity index is 633. The molecule has 5 nitrogen and oxygen atoms in total. The standard InChI is InChI=1S/C13H15F2N3O2S/c1-3-20-11(19)7-18(2)21-10-5-8(13(14)15)4-9-6-16-17-12(9)10/h4-6,13H,3,7H2,1-2H3,(H,16,17). The Kier molecular flexibility index (Phi) is 5.13.